The summed E-state index contributed by atoms with van der Waals surface area (Å²) in [4.78, 5) is 3.37. The smallest absolute Gasteiger partial charge is 0.166 e. The van der Waals surface area contributed by atoms with Gasteiger partial charge in [-0.1, -0.05) is 48.0 Å². The molecule has 0 aliphatic heterocycles. The third-order valence-corrected chi connectivity index (χ3v) is 5.26. The molecule has 1 heterocycles. The molecule has 2 aromatic carbocycles. The van der Waals surface area contributed by atoms with Crippen molar-refractivity contribution in [3.05, 3.63) is 70.9 Å². The highest BCUT2D eigenvalue weighted by atomic mass is 35.5. The fourth-order valence-corrected chi connectivity index (χ4v) is 3.70. The summed E-state index contributed by atoms with van der Waals surface area (Å²) in [6.07, 6.45) is 4.49. The van der Waals surface area contributed by atoms with Crippen LogP contribution in [0.25, 0.3) is 10.9 Å². The van der Waals surface area contributed by atoms with Gasteiger partial charge in [0, 0.05) is 40.6 Å². The van der Waals surface area contributed by atoms with Gasteiger partial charge in [0.2, 0.25) is 0 Å². The van der Waals surface area contributed by atoms with Crippen molar-refractivity contribution in [2.24, 2.45) is 0 Å². The van der Waals surface area contributed by atoms with Crippen molar-refractivity contribution in [2.75, 3.05) is 6.54 Å². The van der Waals surface area contributed by atoms with Crippen LogP contribution in [-0.2, 0) is 0 Å². The van der Waals surface area contributed by atoms with E-state index < -0.39 is 0 Å². The maximum absolute atomic E-state index is 6.51. The van der Waals surface area contributed by atoms with E-state index in [2.05, 4.69) is 46.1 Å². The molecule has 128 valence electrons. The van der Waals surface area contributed by atoms with Crippen molar-refractivity contribution in [2.45, 2.75) is 24.8 Å². The van der Waals surface area contributed by atoms with Gasteiger partial charge >= 0.3 is 0 Å². The molecule has 3 N–H and O–H groups in total. The molecule has 0 unspecified atom stereocenters. The molecule has 0 amide bonds. The highest BCUT2D eigenvalue weighted by Gasteiger charge is 2.23. The summed E-state index contributed by atoms with van der Waals surface area (Å²) in [5.74, 6) is 0.115. The minimum atomic E-state index is 0.115. The second-order valence-corrected chi connectivity index (χ2v) is 7.31. The van der Waals surface area contributed by atoms with E-state index in [-0.39, 0.29) is 5.92 Å². The maximum Gasteiger partial charge on any atom is 0.166 e. The number of rotatable bonds is 5. The minimum absolute atomic E-state index is 0.115. The molecule has 4 rings (SSSR count). The highest BCUT2D eigenvalue weighted by Crippen LogP contribution is 2.34. The molecule has 1 aromatic heterocycles. The molecule has 0 bridgehead atoms. The number of benzene rings is 2. The monoisotopic (exact) mass is 369 g/mol. The number of halogens is 1. The normalized spacial score (nSPS) is 15.1. The molecule has 25 heavy (non-hydrogen) atoms. The molecule has 1 aliphatic rings. The summed E-state index contributed by atoms with van der Waals surface area (Å²) in [6, 6.07) is 16.9. The predicted octanol–water partition coefficient (Wildman–Crippen LogP) is 4.58. The van der Waals surface area contributed by atoms with Crippen LogP contribution in [0.3, 0.4) is 0 Å². The highest BCUT2D eigenvalue weighted by molar-refractivity contribution is 7.80. The number of nitrogens with one attached hydrogen (secondary N) is 3. The number of para-hydroxylation sites is 1. The summed E-state index contributed by atoms with van der Waals surface area (Å²) >= 11 is 11.9. The lowest BCUT2D eigenvalue weighted by atomic mass is 9.91. The molecule has 1 saturated carbocycles. The third-order valence-electron chi connectivity index (χ3n) is 4.66. The fraction of sp³-hybridized carbons (Fsp3) is 0.250. The number of hydrogen-bond donors (Lipinski definition) is 3. The first kappa shape index (κ1) is 16.4. The third kappa shape index (κ3) is 3.65. The van der Waals surface area contributed by atoms with E-state index in [1.54, 1.807) is 0 Å². The first-order valence-electron chi connectivity index (χ1n) is 8.57. The van der Waals surface area contributed by atoms with Crippen molar-refractivity contribution in [3.8, 4) is 0 Å². The number of aromatic amines is 1. The van der Waals surface area contributed by atoms with E-state index in [4.69, 9.17) is 23.8 Å². The second-order valence-electron chi connectivity index (χ2n) is 6.49. The van der Waals surface area contributed by atoms with Gasteiger partial charge in [0.1, 0.15) is 0 Å². The van der Waals surface area contributed by atoms with E-state index in [0.717, 1.165) is 21.2 Å². The zero-order valence-electron chi connectivity index (χ0n) is 13.8. The van der Waals surface area contributed by atoms with Crippen LogP contribution in [0, 0.1) is 0 Å². The zero-order valence-corrected chi connectivity index (χ0v) is 15.3. The SMILES string of the molecule is S=C(NC[C@H](c1ccccc1Cl)c1c[nH]c2ccccc12)NC1CC1. The van der Waals surface area contributed by atoms with Crippen LogP contribution in [0.5, 0.6) is 0 Å². The van der Waals surface area contributed by atoms with E-state index >= 15 is 0 Å². The van der Waals surface area contributed by atoms with Gasteiger partial charge in [-0.25, -0.2) is 0 Å². The average Bonchev–Trinajstić information content (AvgIpc) is 3.33. The van der Waals surface area contributed by atoms with Crippen molar-refractivity contribution >= 4 is 39.8 Å². The fourth-order valence-electron chi connectivity index (χ4n) is 3.19. The van der Waals surface area contributed by atoms with Crippen LogP contribution in [0.15, 0.2) is 54.7 Å². The van der Waals surface area contributed by atoms with Crippen LogP contribution >= 0.6 is 23.8 Å². The van der Waals surface area contributed by atoms with Gasteiger partial charge in [0.25, 0.3) is 0 Å². The van der Waals surface area contributed by atoms with Gasteiger partial charge in [-0.2, -0.15) is 0 Å². The minimum Gasteiger partial charge on any atom is -0.362 e. The van der Waals surface area contributed by atoms with Gasteiger partial charge < -0.3 is 15.6 Å². The largest absolute Gasteiger partial charge is 0.362 e. The predicted molar refractivity (Wildman–Crippen MR) is 108 cm³/mol. The van der Waals surface area contributed by atoms with E-state index in [9.17, 15) is 0 Å². The van der Waals surface area contributed by atoms with Gasteiger partial charge in [-0.3, -0.25) is 0 Å². The quantitative estimate of drug-likeness (QED) is 0.576. The molecule has 5 heteroatoms. The maximum atomic E-state index is 6.51. The number of fused-ring (bicyclic) bond motifs is 1. The number of hydrogen-bond acceptors (Lipinski definition) is 1. The van der Waals surface area contributed by atoms with Crippen LogP contribution in [0.4, 0.5) is 0 Å². The van der Waals surface area contributed by atoms with E-state index in [1.165, 1.54) is 23.8 Å². The van der Waals surface area contributed by atoms with Gasteiger partial charge in [0.05, 0.1) is 0 Å². The summed E-state index contributed by atoms with van der Waals surface area (Å²) in [5.41, 5.74) is 3.47. The van der Waals surface area contributed by atoms with Crippen molar-refractivity contribution in [3.63, 3.8) is 0 Å². The Kier molecular flexibility index (Phi) is 4.64. The standard InChI is InChI=1S/C20H20ClN3S/c21-18-7-3-1-5-14(18)16(12-23-20(25)24-13-9-10-13)17-11-22-19-8-4-2-6-15(17)19/h1-8,11,13,16,22H,9-10,12H2,(H2,23,24,25)/t16-/m1/s1. The Morgan fingerprint density at radius 3 is 2.68 bits per heavy atom. The number of aromatic nitrogens is 1. The lowest BCUT2D eigenvalue weighted by molar-refractivity contribution is 0.742. The molecule has 3 aromatic rings. The second kappa shape index (κ2) is 7.06. The molecule has 1 aliphatic carbocycles. The molecular formula is C20H20ClN3S. The summed E-state index contributed by atoms with van der Waals surface area (Å²) < 4.78 is 0. The molecule has 1 fully saturated rings. The van der Waals surface area contributed by atoms with Crippen LogP contribution in [0.2, 0.25) is 5.02 Å². The van der Waals surface area contributed by atoms with Gasteiger partial charge in [-0.05, 0) is 48.3 Å². The number of thiocarbonyl (C=S) groups is 1. The Balaban J connectivity index is 1.65. The topological polar surface area (TPSA) is 39.9 Å². The Morgan fingerprint density at radius 2 is 1.88 bits per heavy atom. The van der Waals surface area contributed by atoms with Crippen LogP contribution in [-0.4, -0.2) is 22.7 Å². The summed E-state index contributed by atoms with van der Waals surface area (Å²) in [6.45, 7) is 0.699. The van der Waals surface area contributed by atoms with Crippen molar-refractivity contribution < 1.29 is 0 Å². The van der Waals surface area contributed by atoms with Gasteiger partial charge in [-0.15, -0.1) is 0 Å². The Labute approximate surface area is 157 Å². The Bertz CT molecular complexity index is 901. The van der Waals surface area contributed by atoms with Gasteiger partial charge in [0.15, 0.2) is 5.11 Å². The van der Waals surface area contributed by atoms with Crippen molar-refractivity contribution in [1.29, 1.82) is 0 Å². The molecule has 0 saturated heterocycles. The first-order valence-corrected chi connectivity index (χ1v) is 9.36. The van der Waals surface area contributed by atoms with E-state index in [0.29, 0.717) is 12.6 Å². The summed E-state index contributed by atoms with van der Waals surface area (Å²) in [5, 5.41) is 9.44. The molecule has 0 spiro atoms. The van der Waals surface area contributed by atoms with Crippen molar-refractivity contribution in [1.82, 2.24) is 15.6 Å². The lowest BCUT2D eigenvalue weighted by Gasteiger charge is -2.20. The van der Waals surface area contributed by atoms with Crippen LogP contribution < -0.4 is 10.6 Å². The van der Waals surface area contributed by atoms with Crippen LogP contribution in [0.1, 0.15) is 29.9 Å². The lowest BCUT2D eigenvalue weighted by Crippen LogP contribution is -2.38. The molecule has 1 atom stereocenters. The molecule has 0 radical (unpaired) electrons. The molecular weight excluding hydrogens is 350 g/mol. The molecule has 3 nitrogen and oxygen atoms in total. The number of H-pyrrole nitrogens is 1. The summed E-state index contributed by atoms with van der Waals surface area (Å²) in [7, 11) is 0. The Morgan fingerprint density at radius 1 is 1.12 bits per heavy atom. The first-order chi connectivity index (χ1) is 12.2. The average molecular weight is 370 g/mol. The zero-order chi connectivity index (χ0) is 17.2. The van der Waals surface area contributed by atoms with E-state index in [1.807, 2.05) is 24.3 Å². The Hall–Kier alpha value is -2.04.